The number of halogens is 1. The van der Waals surface area contributed by atoms with E-state index in [-0.39, 0.29) is 39.0 Å². The smallest absolute Gasteiger partial charge is 0.412 e. The number of nitrogens with zero attached hydrogens (tertiary/aromatic N) is 2. The van der Waals surface area contributed by atoms with Crippen LogP contribution in [0.25, 0.3) is 16.9 Å². The van der Waals surface area contributed by atoms with Crippen molar-refractivity contribution >= 4 is 35.3 Å². The van der Waals surface area contributed by atoms with E-state index in [1.165, 1.54) is 38.1 Å². The van der Waals surface area contributed by atoms with E-state index in [4.69, 9.17) is 30.5 Å². The van der Waals surface area contributed by atoms with Crippen LogP contribution in [0.3, 0.4) is 0 Å². The maximum atomic E-state index is 13.0. The quantitative estimate of drug-likeness (QED) is 0.355. The number of carbonyl (C=O) groups is 3. The molecule has 0 radical (unpaired) electrons. The highest BCUT2D eigenvalue weighted by Crippen LogP contribution is 2.39. The molecule has 1 heterocycles. The number of amides is 1. The highest BCUT2D eigenvalue weighted by molar-refractivity contribution is 6.32. The molecule has 0 saturated heterocycles. The van der Waals surface area contributed by atoms with Crippen LogP contribution in [0.2, 0.25) is 5.02 Å². The third-order valence-electron chi connectivity index (χ3n) is 4.84. The molecular weight excluding hydrogens is 490 g/mol. The van der Waals surface area contributed by atoms with Crippen molar-refractivity contribution in [1.29, 1.82) is 0 Å². The summed E-state index contributed by atoms with van der Waals surface area (Å²) >= 11 is 6.40. The highest BCUT2D eigenvalue weighted by Gasteiger charge is 2.33. The van der Waals surface area contributed by atoms with Crippen LogP contribution in [-0.2, 0) is 14.2 Å². The first kappa shape index (κ1) is 26.6. The molecule has 36 heavy (non-hydrogen) atoms. The number of hydrogen-bond donors (Lipinski definition) is 1. The molecule has 3 aromatic rings. The Labute approximate surface area is 213 Å². The van der Waals surface area contributed by atoms with E-state index in [1.807, 2.05) is 0 Å². The van der Waals surface area contributed by atoms with E-state index in [9.17, 15) is 14.4 Å². The van der Waals surface area contributed by atoms with Crippen molar-refractivity contribution in [1.82, 2.24) is 9.78 Å². The predicted molar refractivity (Wildman–Crippen MR) is 133 cm³/mol. The van der Waals surface area contributed by atoms with Crippen molar-refractivity contribution in [2.24, 2.45) is 0 Å². The van der Waals surface area contributed by atoms with Crippen molar-refractivity contribution in [3.05, 3.63) is 58.7 Å². The summed E-state index contributed by atoms with van der Waals surface area (Å²) in [5, 5.41) is 7.37. The maximum Gasteiger partial charge on any atom is 0.412 e. The largest absolute Gasteiger partial charge is 0.495 e. The Balaban J connectivity index is 2.34. The van der Waals surface area contributed by atoms with Gasteiger partial charge in [0.25, 0.3) is 0 Å². The number of rotatable bonds is 6. The molecule has 2 aromatic carbocycles. The summed E-state index contributed by atoms with van der Waals surface area (Å²) in [5.74, 6) is -1.41. The molecule has 0 unspecified atom stereocenters. The van der Waals surface area contributed by atoms with E-state index >= 15 is 0 Å². The average molecular weight is 516 g/mol. The summed E-state index contributed by atoms with van der Waals surface area (Å²) in [6.45, 7) is 5.15. The number of esters is 2. The standard InChI is InChI=1S/C25H26ClN3O7/c1-25(2,3)36-24(32)27-17-13-18(33-4)16(26)12-15(17)20-19(22(30)34-5)21(23(31)35-6)29(28-20)14-10-8-7-9-11-14/h7-13H,1-6H3,(H,27,32). The Morgan fingerprint density at radius 3 is 2.17 bits per heavy atom. The zero-order valence-electron chi connectivity index (χ0n) is 20.7. The van der Waals surface area contributed by atoms with Gasteiger partial charge in [0.15, 0.2) is 5.69 Å². The Hall–Kier alpha value is -4.05. The Bertz CT molecular complexity index is 1300. The number of hydrogen-bond acceptors (Lipinski definition) is 8. The Morgan fingerprint density at radius 1 is 0.972 bits per heavy atom. The molecule has 0 saturated carbocycles. The van der Waals surface area contributed by atoms with Gasteiger partial charge in [0, 0.05) is 11.6 Å². The van der Waals surface area contributed by atoms with Gasteiger partial charge < -0.3 is 18.9 Å². The molecule has 0 fully saturated rings. The SMILES string of the molecule is COC(=O)c1c(-c2cc(Cl)c(OC)cc2NC(=O)OC(C)(C)C)nn(-c2ccccc2)c1C(=O)OC. The maximum absolute atomic E-state index is 13.0. The van der Waals surface area contributed by atoms with Crippen LogP contribution in [0.15, 0.2) is 42.5 Å². The van der Waals surface area contributed by atoms with E-state index in [2.05, 4.69) is 10.4 Å². The van der Waals surface area contributed by atoms with Crippen molar-refractivity contribution < 1.29 is 33.3 Å². The summed E-state index contributed by atoms with van der Waals surface area (Å²) in [4.78, 5) is 38.4. The van der Waals surface area contributed by atoms with Crippen LogP contribution in [0, 0.1) is 0 Å². The minimum absolute atomic E-state index is 0.0155. The van der Waals surface area contributed by atoms with Crippen LogP contribution < -0.4 is 10.1 Å². The number of carbonyl (C=O) groups excluding carboxylic acids is 3. The summed E-state index contributed by atoms with van der Waals surface area (Å²) in [6.07, 6.45) is -0.761. The number of anilines is 1. The summed E-state index contributed by atoms with van der Waals surface area (Å²) in [5.41, 5.74) is -0.235. The fourth-order valence-electron chi connectivity index (χ4n) is 3.37. The van der Waals surface area contributed by atoms with E-state index in [1.54, 1.807) is 51.1 Å². The minimum atomic E-state index is -0.845. The molecule has 3 rings (SSSR count). The van der Waals surface area contributed by atoms with Gasteiger partial charge in [-0.25, -0.2) is 19.1 Å². The molecular formula is C25H26ClN3O7. The predicted octanol–water partition coefficient (Wildman–Crippen LogP) is 5.12. The average Bonchev–Trinajstić information content (AvgIpc) is 3.23. The molecule has 0 aliphatic carbocycles. The van der Waals surface area contributed by atoms with Gasteiger partial charge in [-0.3, -0.25) is 5.32 Å². The Morgan fingerprint density at radius 2 is 1.61 bits per heavy atom. The van der Waals surface area contributed by atoms with Crippen LogP contribution in [0.1, 0.15) is 41.6 Å². The number of methoxy groups -OCH3 is 3. The van der Waals surface area contributed by atoms with E-state index in [0.29, 0.717) is 5.69 Å². The van der Waals surface area contributed by atoms with Crippen LogP contribution >= 0.6 is 11.6 Å². The number of benzene rings is 2. The lowest BCUT2D eigenvalue weighted by atomic mass is 10.0. The minimum Gasteiger partial charge on any atom is -0.495 e. The van der Waals surface area contributed by atoms with Gasteiger partial charge in [-0.15, -0.1) is 0 Å². The van der Waals surface area contributed by atoms with Gasteiger partial charge in [-0.05, 0) is 39.0 Å². The molecule has 0 aliphatic rings. The van der Waals surface area contributed by atoms with Gasteiger partial charge in [0.05, 0.1) is 37.7 Å². The second-order valence-corrected chi connectivity index (χ2v) is 8.87. The third-order valence-corrected chi connectivity index (χ3v) is 5.13. The van der Waals surface area contributed by atoms with Crippen LogP contribution in [-0.4, -0.2) is 54.7 Å². The zero-order chi connectivity index (χ0) is 26.6. The van der Waals surface area contributed by atoms with E-state index in [0.717, 1.165) is 0 Å². The van der Waals surface area contributed by atoms with Gasteiger partial charge >= 0.3 is 18.0 Å². The highest BCUT2D eigenvalue weighted by atomic mass is 35.5. The van der Waals surface area contributed by atoms with Gasteiger partial charge in [0.2, 0.25) is 0 Å². The molecule has 1 amide bonds. The van der Waals surface area contributed by atoms with Crippen molar-refractivity contribution in [2.75, 3.05) is 26.6 Å². The number of nitrogens with one attached hydrogen (secondary N) is 1. The zero-order valence-corrected chi connectivity index (χ0v) is 21.4. The molecule has 1 aromatic heterocycles. The monoisotopic (exact) mass is 515 g/mol. The fourth-order valence-corrected chi connectivity index (χ4v) is 3.61. The van der Waals surface area contributed by atoms with Crippen LogP contribution in [0.5, 0.6) is 5.75 Å². The summed E-state index contributed by atoms with van der Waals surface area (Å²) in [6, 6.07) is 11.6. The molecule has 0 aliphatic heterocycles. The molecule has 190 valence electrons. The third kappa shape index (κ3) is 5.60. The van der Waals surface area contributed by atoms with Crippen molar-refractivity contribution in [2.45, 2.75) is 26.4 Å². The number of aromatic nitrogens is 2. The second kappa shape index (κ2) is 10.7. The molecule has 11 heteroatoms. The van der Waals surface area contributed by atoms with Gasteiger partial charge in [-0.1, -0.05) is 29.8 Å². The van der Waals surface area contributed by atoms with E-state index < -0.39 is 23.6 Å². The lowest BCUT2D eigenvalue weighted by molar-refractivity contribution is 0.0549. The van der Waals surface area contributed by atoms with Crippen molar-refractivity contribution in [3.8, 4) is 22.7 Å². The second-order valence-electron chi connectivity index (χ2n) is 8.46. The van der Waals surface area contributed by atoms with Crippen LogP contribution in [0.4, 0.5) is 10.5 Å². The molecule has 10 nitrogen and oxygen atoms in total. The first-order valence-corrected chi connectivity index (χ1v) is 11.1. The molecule has 0 atom stereocenters. The Kier molecular flexibility index (Phi) is 7.89. The van der Waals surface area contributed by atoms with Crippen molar-refractivity contribution in [3.63, 3.8) is 0 Å². The topological polar surface area (TPSA) is 118 Å². The molecule has 0 spiro atoms. The lowest BCUT2D eigenvalue weighted by Crippen LogP contribution is -2.27. The molecule has 0 bridgehead atoms. The molecule has 1 N–H and O–H groups in total. The number of ether oxygens (including phenoxy) is 4. The first-order chi connectivity index (χ1) is 17.0. The normalized spacial score (nSPS) is 11.0. The van der Waals surface area contributed by atoms with Gasteiger partial charge in [-0.2, -0.15) is 5.10 Å². The fraction of sp³-hybridized carbons (Fsp3) is 0.280. The summed E-state index contributed by atoms with van der Waals surface area (Å²) < 4.78 is 21.9. The first-order valence-electron chi connectivity index (χ1n) is 10.7. The number of para-hydroxylation sites is 1. The van der Waals surface area contributed by atoms with Gasteiger partial charge in [0.1, 0.15) is 22.6 Å². The lowest BCUT2D eigenvalue weighted by Gasteiger charge is -2.21. The summed E-state index contributed by atoms with van der Waals surface area (Å²) in [7, 11) is 3.77.